The van der Waals surface area contributed by atoms with E-state index in [0.717, 1.165) is 41.3 Å². The van der Waals surface area contributed by atoms with Crippen LogP contribution in [0.1, 0.15) is 43.7 Å². The second kappa shape index (κ2) is 7.43. The Morgan fingerprint density at radius 1 is 1.07 bits per heavy atom. The number of benzene rings is 1. The van der Waals surface area contributed by atoms with Crippen molar-refractivity contribution >= 4 is 29.3 Å². The van der Waals surface area contributed by atoms with Gasteiger partial charge in [-0.3, -0.25) is 4.57 Å². The summed E-state index contributed by atoms with van der Waals surface area (Å²) in [5.74, 6) is 3.23. The minimum absolute atomic E-state index is 0.546. The monoisotopic (exact) mass is 406 g/mol. The number of thioether (sulfide) groups is 1. The number of halogens is 1. The molecule has 144 valence electrons. The van der Waals surface area contributed by atoms with Crippen LogP contribution in [0.2, 0.25) is 5.02 Å². The van der Waals surface area contributed by atoms with Crippen molar-refractivity contribution in [3.8, 4) is 11.5 Å². The van der Waals surface area contributed by atoms with Gasteiger partial charge in [0.25, 0.3) is 0 Å². The molecular weight excluding hydrogens is 384 g/mol. The van der Waals surface area contributed by atoms with E-state index < -0.39 is 0 Å². The summed E-state index contributed by atoms with van der Waals surface area (Å²) in [6, 6.07) is 4.55. The smallest absolute Gasteiger partial charge is 0.228 e. The number of anilines is 1. The van der Waals surface area contributed by atoms with Gasteiger partial charge in [0.1, 0.15) is 13.2 Å². The van der Waals surface area contributed by atoms with Gasteiger partial charge >= 0.3 is 0 Å². The van der Waals surface area contributed by atoms with Crippen LogP contribution in [0.4, 0.5) is 5.95 Å². The Morgan fingerprint density at radius 2 is 1.89 bits per heavy atom. The van der Waals surface area contributed by atoms with E-state index in [9.17, 15) is 0 Å². The zero-order chi connectivity index (χ0) is 18.2. The van der Waals surface area contributed by atoms with Gasteiger partial charge in [0.15, 0.2) is 16.7 Å². The molecule has 0 N–H and O–H groups in total. The van der Waals surface area contributed by atoms with Crippen molar-refractivity contribution in [1.29, 1.82) is 0 Å². The Hall–Kier alpha value is -1.60. The van der Waals surface area contributed by atoms with E-state index in [1.807, 2.05) is 12.1 Å². The zero-order valence-corrected chi connectivity index (χ0v) is 16.8. The van der Waals surface area contributed by atoms with Crippen molar-refractivity contribution in [2.24, 2.45) is 0 Å². The van der Waals surface area contributed by atoms with E-state index in [1.165, 1.54) is 32.1 Å². The average molecular weight is 407 g/mol. The maximum Gasteiger partial charge on any atom is 0.228 e. The van der Waals surface area contributed by atoms with E-state index >= 15 is 0 Å². The summed E-state index contributed by atoms with van der Waals surface area (Å²) in [5, 5.41) is 10.7. The Kier molecular flexibility index (Phi) is 4.82. The first-order valence-electron chi connectivity index (χ1n) is 9.70. The van der Waals surface area contributed by atoms with Crippen LogP contribution in [0.15, 0.2) is 17.3 Å². The van der Waals surface area contributed by atoms with Gasteiger partial charge in [-0.1, -0.05) is 23.4 Å². The minimum Gasteiger partial charge on any atom is -0.486 e. The second-order valence-corrected chi connectivity index (χ2v) is 8.67. The first kappa shape index (κ1) is 17.5. The molecule has 5 rings (SSSR count). The third-order valence-corrected chi connectivity index (χ3v) is 6.52. The highest BCUT2D eigenvalue weighted by atomic mass is 35.5. The van der Waals surface area contributed by atoms with Gasteiger partial charge in [-0.25, -0.2) is 0 Å². The Morgan fingerprint density at radius 3 is 2.70 bits per heavy atom. The van der Waals surface area contributed by atoms with Gasteiger partial charge in [0.2, 0.25) is 5.95 Å². The first-order valence-corrected chi connectivity index (χ1v) is 11.1. The van der Waals surface area contributed by atoms with Crippen molar-refractivity contribution in [1.82, 2.24) is 14.8 Å². The number of hydrogen-bond acceptors (Lipinski definition) is 6. The van der Waals surface area contributed by atoms with Gasteiger partial charge in [-0.05, 0) is 49.8 Å². The number of aromatic nitrogens is 3. The van der Waals surface area contributed by atoms with E-state index in [4.69, 9.17) is 21.1 Å². The Bertz CT molecular complexity index is 833. The molecule has 0 spiro atoms. The Labute approximate surface area is 168 Å². The standard InChI is InChI=1S/C19H23ClN4O2S/c20-15-10-13(11-16-17(15)26-9-8-25-16)12-27-19-22-21-18(24(19)14-4-5-14)23-6-2-1-3-7-23/h10-11,14H,1-9,12H2. The molecule has 0 unspecified atom stereocenters. The summed E-state index contributed by atoms with van der Waals surface area (Å²) >= 11 is 8.09. The summed E-state index contributed by atoms with van der Waals surface area (Å²) in [7, 11) is 0. The van der Waals surface area contributed by atoms with Gasteiger partial charge in [0.05, 0.1) is 5.02 Å². The fourth-order valence-corrected chi connectivity index (χ4v) is 4.94. The second-order valence-electron chi connectivity index (χ2n) is 7.32. The van der Waals surface area contributed by atoms with Crippen LogP contribution >= 0.6 is 23.4 Å². The number of hydrogen-bond donors (Lipinski definition) is 0. The molecule has 2 aliphatic heterocycles. The summed E-state index contributed by atoms with van der Waals surface area (Å²) in [6.07, 6.45) is 6.26. The minimum atomic E-state index is 0.546. The molecule has 1 aromatic heterocycles. The number of rotatable bonds is 5. The predicted octanol–water partition coefficient (Wildman–Crippen LogP) is 4.32. The molecule has 1 aliphatic carbocycles. The van der Waals surface area contributed by atoms with Crippen LogP contribution in [0.3, 0.4) is 0 Å². The third kappa shape index (κ3) is 3.59. The van der Waals surface area contributed by atoms with E-state index in [2.05, 4.69) is 19.7 Å². The molecule has 0 radical (unpaired) electrons. The molecule has 8 heteroatoms. The van der Waals surface area contributed by atoms with E-state index in [-0.39, 0.29) is 0 Å². The first-order chi connectivity index (χ1) is 13.3. The SMILES string of the molecule is Clc1cc(CSc2nnc(N3CCCCC3)n2C2CC2)cc2c1OCCO2. The fourth-order valence-electron chi connectivity index (χ4n) is 3.73. The van der Waals surface area contributed by atoms with Gasteiger partial charge in [-0.2, -0.15) is 0 Å². The van der Waals surface area contributed by atoms with Crippen molar-refractivity contribution in [2.45, 2.75) is 49.1 Å². The molecule has 2 aromatic rings. The molecule has 27 heavy (non-hydrogen) atoms. The number of nitrogens with zero attached hydrogens (tertiary/aromatic N) is 4. The van der Waals surface area contributed by atoms with Crippen molar-refractivity contribution in [3.63, 3.8) is 0 Å². The molecule has 3 heterocycles. The number of ether oxygens (including phenoxy) is 2. The van der Waals surface area contributed by atoms with E-state index in [1.54, 1.807) is 11.8 Å². The third-order valence-electron chi connectivity index (χ3n) is 5.22. The fraction of sp³-hybridized carbons (Fsp3) is 0.579. The summed E-state index contributed by atoms with van der Waals surface area (Å²) in [4.78, 5) is 2.40. The van der Waals surface area contributed by atoms with Crippen LogP contribution in [0.25, 0.3) is 0 Å². The van der Waals surface area contributed by atoms with Crippen LogP contribution in [0.5, 0.6) is 11.5 Å². The lowest BCUT2D eigenvalue weighted by Crippen LogP contribution is -2.31. The normalized spacial score (nSPS) is 19.4. The average Bonchev–Trinajstić information content (AvgIpc) is 3.46. The molecular formula is C19H23ClN4O2S. The molecule has 1 saturated heterocycles. The van der Waals surface area contributed by atoms with Crippen LogP contribution in [-0.2, 0) is 5.75 Å². The molecule has 1 saturated carbocycles. The van der Waals surface area contributed by atoms with Gasteiger partial charge in [0, 0.05) is 24.9 Å². The number of piperidine rings is 1. The van der Waals surface area contributed by atoms with Crippen LogP contribution in [0, 0.1) is 0 Å². The maximum atomic E-state index is 6.37. The molecule has 6 nitrogen and oxygen atoms in total. The van der Waals surface area contributed by atoms with Crippen LogP contribution < -0.4 is 14.4 Å². The Balaban J connectivity index is 1.35. The highest BCUT2D eigenvalue weighted by Crippen LogP contribution is 2.43. The zero-order valence-electron chi connectivity index (χ0n) is 15.2. The lowest BCUT2D eigenvalue weighted by Gasteiger charge is -2.27. The largest absolute Gasteiger partial charge is 0.486 e. The summed E-state index contributed by atoms with van der Waals surface area (Å²) < 4.78 is 13.7. The van der Waals surface area contributed by atoms with Gasteiger partial charge in [-0.15, -0.1) is 10.2 Å². The number of fused-ring (bicyclic) bond motifs is 1. The van der Waals surface area contributed by atoms with Gasteiger partial charge < -0.3 is 14.4 Å². The molecule has 2 fully saturated rings. The molecule has 3 aliphatic rings. The summed E-state index contributed by atoms with van der Waals surface area (Å²) in [5.41, 5.74) is 1.11. The van der Waals surface area contributed by atoms with Crippen molar-refractivity contribution in [3.05, 3.63) is 22.7 Å². The highest BCUT2D eigenvalue weighted by Gasteiger charge is 2.32. The lowest BCUT2D eigenvalue weighted by molar-refractivity contribution is 0.171. The van der Waals surface area contributed by atoms with Crippen molar-refractivity contribution < 1.29 is 9.47 Å². The highest BCUT2D eigenvalue weighted by molar-refractivity contribution is 7.98. The quantitative estimate of drug-likeness (QED) is 0.689. The maximum absolute atomic E-state index is 6.37. The van der Waals surface area contributed by atoms with E-state index in [0.29, 0.717) is 30.0 Å². The molecule has 0 amide bonds. The summed E-state index contributed by atoms with van der Waals surface area (Å²) in [6.45, 7) is 3.29. The molecule has 0 bridgehead atoms. The van der Waals surface area contributed by atoms with Crippen molar-refractivity contribution in [2.75, 3.05) is 31.2 Å². The van der Waals surface area contributed by atoms with Crippen LogP contribution in [-0.4, -0.2) is 41.1 Å². The molecule has 0 atom stereocenters. The topological polar surface area (TPSA) is 52.4 Å². The molecule has 1 aromatic carbocycles. The lowest BCUT2D eigenvalue weighted by atomic mass is 10.1. The predicted molar refractivity (Wildman–Crippen MR) is 106 cm³/mol.